The van der Waals surface area contributed by atoms with Crippen LogP contribution in [0.25, 0.3) is 0 Å². The third kappa shape index (κ3) is 3.24. The minimum atomic E-state index is -0.257. The van der Waals surface area contributed by atoms with Gasteiger partial charge in [0.05, 0.1) is 9.26 Å². The molecule has 20 heavy (non-hydrogen) atoms. The van der Waals surface area contributed by atoms with Gasteiger partial charge in [-0.05, 0) is 68.5 Å². The average molecular weight is 389 g/mol. The molecular formula is C15H24IN3O. The van der Waals surface area contributed by atoms with Gasteiger partial charge in [0.1, 0.15) is 11.4 Å². The first-order valence-electron chi connectivity index (χ1n) is 7.55. The van der Waals surface area contributed by atoms with E-state index in [-0.39, 0.29) is 5.60 Å². The molecule has 0 spiro atoms. The van der Waals surface area contributed by atoms with Crippen molar-refractivity contribution >= 4 is 28.4 Å². The molecular weight excluding hydrogens is 365 g/mol. The first kappa shape index (κ1) is 15.9. The lowest BCUT2D eigenvalue weighted by Crippen LogP contribution is -2.30. The number of aromatic nitrogens is 2. The Kier molecular flexibility index (Phi) is 5.60. The number of hydrogen-bond acceptors (Lipinski definition) is 4. The van der Waals surface area contributed by atoms with Crippen LogP contribution in [0.15, 0.2) is 0 Å². The van der Waals surface area contributed by atoms with E-state index < -0.39 is 0 Å². The summed E-state index contributed by atoms with van der Waals surface area (Å²) in [5.74, 6) is 1.83. The maximum absolute atomic E-state index is 6.08. The van der Waals surface area contributed by atoms with E-state index in [1.54, 1.807) is 0 Å². The van der Waals surface area contributed by atoms with Crippen LogP contribution in [0.4, 0.5) is 5.82 Å². The summed E-state index contributed by atoms with van der Waals surface area (Å²) in [6.45, 7) is 7.92. The average Bonchev–Trinajstić information content (AvgIpc) is 2.90. The molecule has 1 aromatic rings. The van der Waals surface area contributed by atoms with Crippen LogP contribution in [0.2, 0.25) is 0 Å². The van der Waals surface area contributed by atoms with Crippen molar-refractivity contribution in [3.63, 3.8) is 0 Å². The van der Waals surface area contributed by atoms with Crippen molar-refractivity contribution in [3.8, 4) is 0 Å². The van der Waals surface area contributed by atoms with Gasteiger partial charge in [0.15, 0.2) is 5.82 Å². The van der Waals surface area contributed by atoms with Crippen LogP contribution in [-0.2, 0) is 10.3 Å². The normalized spacial score (nSPS) is 17.4. The van der Waals surface area contributed by atoms with Gasteiger partial charge in [-0.2, -0.15) is 0 Å². The zero-order valence-corrected chi connectivity index (χ0v) is 14.8. The molecule has 0 bridgehead atoms. The molecule has 1 heterocycles. The molecule has 0 amide bonds. The number of ether oxygens (including phenoxy) is 1. The predicted molar refractivity (Wildman–Crippen MR) is 90.0 cm³/mol. The third-order valence-electron chi connectivity index (χ3n) is 3.80. The second-order valence-corrected chi connectivity index (χ2v) is 6.44. The zero-order valence-electron chi connectivity index (χ0n) is 12.6. The molecule has 1 N–H and O–H groups in total. The smallest absolute Gasteiger partial charge is 0.162 e. The van der Waals surface area contributed by atoms with Crippen LogP contribution < -0.4 is 5.32 Å². The van der Waals surface area contributed by atoms with Crippen LogP contribution in [-0.4, -0.2) is 23.1 Å². The summed E-state index contributed by atoms with van der Waals surface area (Å²) < 4.78 is 7.19. The van der Waals surface area contributed by atoms with Gasteiger partial charge in [0.2, 0.25) is 0 Å². The molecule has 0 radical (unpaired) electrons. The van der Waals surface area contributed by atoms with E-state index in [4.69, 9.17) is 14.7 Å². The van der Waals surface area contributed by atoms with Crippen molar-refractivity contribution in [2.24, 2.45) is 0 Å². The number of halogens is 1. The summed E-state index contributed by atoms with van der Waals surface area (Å²) in [7, 11) is 0. The molecule has 4 nitrogen and oxygen atoms in total. The molecule has 112 valence electrons. The fourth-order valence-electron chi connectivity index (χ4n) is 2.78. The second kappa shape index (κ2) is 7.02. The van der Waals surface area contributed by atoms with E-state index in [0.717, 1.165) is 46.7 Å². The Hall–Kier alpha value is -0.430. The summed E-state index contributed by atoms with van der Waals surface area (Å²) in [5.41, 5.74) is 0.784. The Morgan fingerprint density at radius 2 is 1.95 bits per heavy atom. The fraction of sp³-hybridized carbons (Fsp3) is 0.733. The van der Waals surface area contributed by atoms with E-state index in [1.165, 1.54) is 12.8 Å². The Balaban J connectivity index is 2.37. The number of anilines is 1. The highest BCUT2D eigenvalue weighted by Crippen LogP contribution is 2.41. The third-order valence-corrected chi connectivity index (χ3v) is 5.09. The van der Waals surface area contributed by atoms with Gasteiger partial charge in [-0.15, -0.1) is 0 Å². The van der Waals surface area contributed by atoms with Crippen molar-refractivity contribution in [1.82, 2.24) is 9.97 Å². The highest BCUT2D eigenvalue weighted by atomic mass is 127. The Morgan fingerprint density at radius 3 is 2.55 bits per heavy atom. The maximum atomic E-state index is 6.08. The quantitative estimate of drug-likeness (QED) is 0.747. The lowest BCUT2D eigenvalue weighted by Gasteiger charge is -2.28. The predicted octanol–water partition coefficient (Wildman–Crippen LogP) is 4.02. The second-order valence-electron chi connectivity index (χ2n) is 5.36. The maximum Gasteiger partial charge on any atom is 0.162 e. The summed E-state index contributed by atoms with van der Waals surface area (Å²) >= 11 is 2.32. The molecule has 1 aromatic heterocycles. The minimum absolute atomic E-state index is 0.257. The molecule has 0 aliphatic heterocycles. The van der Waals surface area contributed by atoms with Gasteiger partial charge in [-0.3, -0.25) is 0 Å². The van der Waals surface area contributed by atoms with Crippen molar-refractivity contribution in [2.75, 3.05) is 18.5 Å². The Morgan fingerprint density at radius 1 is 1.25 bits per heavy atom. The lowest BCUT2D eigenvalue weighted by molar-refractivity contribution is -0.0457. The minimum Gasteiger partial charge on any atom is -0.369 e. The summed E-state index contributed by atoms with van der Waals surface area (Å²) in [6.07, 6.45) is 5.56. The van der Waals surface area contributed by atoms with Crippen molar-refractivity contribution in [3.05, 3.63) is 15.1 Å². The number of nitrogens with zero attached hydrogens (tertiary/aromatic N) is 2. The highest BCUT2D eigenvalue weighted by molar-refractivity contribution is 14.1. The van der Waals surface area contributed by atoms with Crippen LogP contribution in [0, 0.1) is 10.5 Å². The van der Waals surface area contributed by atoms with Crippen molar-refractivity contribution in [2.45, 2.75) is 58.5 Å². The fourth-order valence-corrected chi connectivity index (χ4v) is 3.21. The molecule has 1 aliphatic rings. The first-order chi connectivity index (χ1) is 9.63. The van der Waals surface area contributed by atoms with E-state index in [2.05, 4.69) is 48.7 Å². The van der Waals surface area contributed by atoms with Crippen molar-refractivity contribution < 1.29 is 4.74 Å². The van der Waals surface area contributed by atoms with Gasteiger partial charge >= 0.3 is 0 Å². The molecule has 0 atom stereocenters. The Bertz CT molecular complexity index is 459. The first-order valence-corrected chi connectivity index (χ1v) is 8.63. The van der Waals surface area contributed by atoms with Crippen LogP contribution in [0.5, 0.6) is 0 Å². The molecule has 1 saturated carbocycles. The largest absolute Gasteiger partial charge is 0.369 e. The zero-order chi connectivity index (χ0) is 14.6. The van der Waals surface area contributed by atoms with Crippen molar-refractivity contribution in [1.29, 1.82) is 0 Å². The van der Waals surface area contributed by atoms with E-state index >= 15 is 0 Å². The molecule has 0 aromatic carbocycles. The van der Waals surface area contributed by atoms with Gasteiger partial charge in [0, 0.05) is 13.2 Å². The lowest BCUT2D eigenvalue weighted by atomic mass is 10.0. The van der Waals surface area contributed by atoms with Crippen LogP contribution in [0.3, 0.4) is 0 Å². The summed E-state index contributed by atoms with van der Waals surface area (Å²) in [4.78, 5) is 9.52. The van der Waals surface area contributed by atoms with Gasteiger partial charge in [0.25, 0.3) is 0 Å². The molecule has 1 fully saturated rings. The topological polar surface area (TPSA) is 47.0 Å². The van der Waals surface area contributed by atoms with E-state index in [9.17, 15) is 0 Å². The molecule has 1 aliphatic carbocycles. The number of hydrogen-bond donors (Lipinski definition) is 1. The molecule has 5 heteroatoms. The number of aryl methyl sites for hydroxylation is 1. The van der Waals surface area contributed by atoms with E-state index in [1.807, 2.05) is 0 Å². The van der Waals surface area contributed by atoms with Gasteiger partial charge in [-0.25, -0.2) is 9.97 Å². The molecule has 0 saturated heterocycles. The summed E-state index contributed by atoms with van der Waals surface area (Å²) in [6, 6.07) is 0. The number of rotatable bonds is 6. The van der Waals surface area contributed by atoms with Gasteiger partial charge < -0.3 is 10.1 Å². The van der Waals surface area contributed by atoms with Crippen LogP contribution >= 0.6 is 22.6 Å². The monoisotopic (exact) mass is 389 g/mol. The number of nitrogens with one attached hydrogen (secondary N) is 1. The highest BCUT2D eigenvalue weighted by Gasteiger charge is 2.39. The standard InChI is InChI=1S/C15H24IN3O/c1-4-10-17-13-12(16)11(3)18-14(19-13)15(20-5-2)8-6-7-9-15/h4-10H2,1-3H3,(H,17,18,19). The van der Waals surface area contributed by atoms with E-state index in [0.29, 0.717) is 6.61 Å². The van der Waals surface area contributed by atoms with Crippen LogP contribution in [0.1, 0.15) is 57.5 Å². The molecule has 0 unspecified atom stereocenters. The van der Waals surface area contributed by atoms with Gasteiger partial charge in [-0.1, -0.05) is 6.92 Å². The SMILES string of the molecule is CCCNc1nc(C2(OCC)CCCC2)nc(C)c1I. The summed E-state index contributed by atoms with van der Waals surface area (Å²) in [5, 5.41) is 3.41. The molecule has 2 rings (SSSR count). The Labute approximate surface area is 135 Å².